The summed E-state index contributed by atoms with van der Waals surface area (Å²) in [6.07, 6.45) is 8.49. The number of carbonyl (C=O) groups is 1. The highest BCUT2D eigenvalue weighted by Gasteiger charge is 2.19. The van der Waals surface area contributed by atoms with Crippen molar-refractivity contribution in [2.45, 2.75) is 0 Å². The molecule has 0 aliphatic heterocycles. The lowest BCUT2D eigenvalue weighted by Crippen LogP contribution is -2.13. The summed E-state index contributed by atoms with van der Waals surface area (Å²) in [5, 5.41) is 11.2. The van der Waals surface area contributed by atoms with Gasteiger partial charge in [-0.1, -0.05) is 0 Å². The minimum atomic E-state index is -0.351. The van der Waals surface area contributed by atoms with Crippen LogP contribution in [0, 0.1) is 0 Å². The first-order valence-corrected chi connectivity index (χ1v) is 8.12. The summed E-state index contributed by atoms with van der Waals surface area (Å²) < 4.78 is 8.84. The molecule has 0 atom stereocenters. The van der Waals surface area contributed by atoms with E-state index >= 15 is 0 Å². The van der Waals surface area contributed by atoms with Crippen LogP contribution in [0.4, 0.5) is 11.5 Å². The number of fused-ring (bicyclic) bond motifs is 1. The maximum absolute atomic E-state index is 12.7. The SMILES string of the molecule is COc1cc(-c2cnn(C)c2)cn2ncc(C(=O)Nc3cc(N)ccn3)c12. The van der Waals surface area contributed by atoms with Crippen molar-refractivity contribution in [1.29, 1.82) is 0 Å². The molecular weight excluding hydrogens is 346 g/mol. The van der Waals surface area contributed by atoms with Crippen molar-refractivity contribution in [3.8, 4) is 16.9 Å². The molecule has 136 valence electrons. The number of rotatable bonds is 4. The standard InChI is InChI=1S/C18H17N7O2/c1-24-9-12(7-21-24)11-5-15(27-2)17-14(8-22-25(17)10-11)18(26)23-16-6-13(19)3-4-20-16/h3-10H,1-2H3,(H3,19,20,23,26). The molecule has 4 rings (SSSR count). The molecule has 27 heavy (non-hydrogen) atoms. The van der Waals surface area contributed by atoms with Crippen LogP contribution in [0.15, 0.2) is 49.2 Å². The van der Waals surface area contributed by atoms with Gasteiger partial charge in [-0.2, -0.15) is 10.2 Å². The van der Waals surface area contributed by atoms with Crippen LogP contribution in [-0.4, -0.2) is 37.4 Å². The number of nitrogens with two attached hydrogens (primary N) is 1. The summed E-state index contributed by atoms with van der Waals surface area (Å²) in [5.74, 6) is 0.542. The minimum absolute atomic E-state index is 0.351. The van der Waals surface area contributed by atoms with Gasteiger partial charge in [0.25, 0.3) is 5.91 Å². The number of amides is 1. The number of nitrogen functional groups attached to an aromatic ring is 1. The van der Waals surface area contributed by atoms with Crippen LogP contribution in [-0.2, 0) is 7.05 Å². The highest BCUT2D eigenvalue weighted by Crippen LogP contribution is 2.30. The van der Waals surface area contributed by atoms with Crippen molar-refractivity contribution < 1.29 is 9.53 Å². The van der Waals surface area contributed by atoms with Gasteiger partial charge in [0, 0.05) is 48.5 Å². The van der Waals surface area contributed by atoms with Crippen molar-refractivity contribution >= 4 is 22.9 Å². The summed E-state index contributed by atoms with van der Waals surface area (Å²) in [5.41, 5.74) is 8.97. The van der Waals surface area contributed by atoms with E-state index in [2.05, 4.69) is 20.5 Å². The molecule has 0 bridgehead atoms. The van der Waals surface area contributed by atoms with E-state index in [-0.39, 0.29) is 5.91 Å². The topological polar surface area (TPSA) is 112 Å². The van der Waals surface area contributed by atoms with Gasteiger partial charge in [-0.3, -0.25) is 9.48 Å². The predicted octanol–water partition coefficient (Wildman–Crippen LogP) is 1.97. The summed E-state index contributed by atoms with van der Waals surface area (Å²) in [4.78, 5) is 16.8. The van der Waals surface area contributed by atoms with Crippen LogP contribution in [0.25, 0.3) is 16.6 Å². The summed E-state index contributed by atoms with van der Waals surface area (Å²) in [6.45, 7) is 0. The van der Waals surface area contributed by atoms with Gasteiger partial charge in [0.05, 0.1) is 25.1 Å². The van der Waals surface area contributed by atoms with Gasteiger partial charge in [-0.15, -0.1) is 0 Å². The molecule has 0 fully saturated rings. The van der Waals surface area contributed by atoms with Crippen molar-refractivity contribution in [2.75, 3.05) is 18.2 Å². The molecule has 0 aromatic carbocycles. The Hall–Kier alpha value is -3.88. The molecule has 9 nitrogen and oxygen atoms in total. The molecule has 0 spiro atoms. The molecule has 1 amide bonds. The van der Waals surface area contributed by atoms with E-state index in [4.69, 9.17) is 10.5 Å². The van der Waals surface area contributed by atoms with Crippen LogP contribution in [0.1, 0.15) is 10.4 Å². The second-order valence-corrected chi connectivity index (χ2v) is 5.98. The van der Waals surface area contributed by atoms with E-state index in [0.717, 1.165) is 11.1 Å². The van der Waals surface area contributed by atoms with Crippen LogP contribution in [0.2, 0.25) is 0 Å². The highest BCUT2D eigenvalue weighted by molar-refractivity contribution is 6.09. The third kappa shape index (κ3) is 3.06. The molecular formula is C18H17N7O2. The Morgan fingerprint density at radius 3 is 2.74 bits per heavy atom. The Labute approximate surface area is 154 Å². The quantitative estimate of drug-likeness (QED) is 0.573. The van der Waals surface area contributed by atoms with Crippen LogP contribution >= 0.6 is 0 Å². The molecule has 0 aliphatic rings. The first-order valence-electron chi connectivity index (χ1n) is 8.12. The van der Waals surface area contributed by atoms with Gasteiger partial charge < -0.3 is 15.8 Å². The fraction of sp³-hybridized carbons (Fsp3) is 0.111. The smallest absolute Gasteiger partial charge is 0.260 e. The molecule has 0 radical (unpaired) electrons. The third-order valence-corrected chi connectivity index (χ3v) is 4.11. The number of anilines is 2. The molecule has 4 aromatic heterocycles. The van der Waals surface area contributed by atoms with Crippen molar-refractivity contribution in [3.63, 3.8) is 0 Å². The zero-order valence-corrected chi connectivity index (χ0v) is 14.7. The van der Waals surface area contributed by atoms with Crippen LogP contribution in [0.5, 0.6) is 5.75 Å². The number of carbonyl (C=O) groups excluding carboxylic acids is 1. The predicted molar refractivity (Wildman–Crippen MR) is 101 cm³/mol. The van der Waals surface area contributed by atoms with E-state index in [9.17, 15) is 4.79 Å². The zero-order chi connectivity index (χ0) is 19.0. The Morgan fingerprint density at radius 1 is 1.19 bits per heavy atom. The summed E-state index contributed by atoms with van der Waals surface area (Å²) in [7, 11) is 3.40. The highest BCUT2D eigenvalue weighted by atomic mass is 16.5. The van der Waals surface area contributed by atoms with Gasteiger partial charge in [0.15, 0.2) is 0 Å². The molecule has 9 heteroatoms. The molecule has 4 heterocycles. The molecule has 3 N–H and O–H groups in total. The zero-order valence-electron chi connectivity index (χ0n) is 14.7. The third-order valence-electron chi connectivity index (χ3n) is 4.11. The molecule has 0 aliphatic carbocycles. The minimum Gasteiger partial charge on any atom is -0.494 e. The van der Waals surface area contributed by atoms with Crippen molar-refractivity contribution in [3.05, 3.63) is 54.7 Å². The van der Waals surface area contributed by atoms with Gasteiger partial charge in [-0.05, 0) is 12.1 Å². The number of hydrogen-bond acceptors (Lipinski definition) is 6. The first-order chi connectivity index (χ1) is 13.0. The lowest BCUT2D eigenvalue weighted by molar-refractivity contribution is 0.102. The van der Waals surface area contributed by atoms with E-state index in [1.165, 1.54) is 12.4 Å². The number of aryl methyl sites for hydroxylation is 1. The maximum Gasteiger partial charge on any atom is 0.260 e. The van der Waals surface area contributed by atoms with E-state index < -0.39 is 0 Å². The number of aromatic nitrogens is 5. The lowest BCUT2D eigenvalue weighted by Gasteiger charge is -2.08. The number of ether oxygens (including phenoxy) is 1. The first kappa shape index (κ1) is 16.6. The Balaban J connectivity index is 1.75. The molecule has 0 unspecified atom stereocenters. The number of pyridine rings is 2. The fourth-order valence-corrected chi connectivity index (χ4v) is 2.83. The second kappa shape index (κ2) is 6.45. The largest absolute Gasteiger partial charge is 0.494 e. The molecule has 0 saturated heterocycles. The van der Waals surface area contributed by atoms with Crippen LogP contribution in [0.3, 0.4) is 0 Å². The van der Waals surface area contributed by atoms with E-state index in [1.807, 2.05) is 25.5 Å². The normalized spacial score (nSPS) is 10.9. The van der Waals surface area contributed by atoms with Gasteiger partial charge in [0.1, 0.15) is 17.1 Å². The Kier molecular flexibility index (Phi) is 3.96. The average Bonchev–Trinajstić information content (AvgIpc) is 3.27. The van der Waals surface area contributed by atoms with E-state index in [0.29, 0.717) is 28.3 Å². The Morgan fingerprint density at radius 2 is 2.04 bits per heavy atom. The Bertz CT molecular complexity index is 1150. The van der Waals surface area contributed by atoms with E-state index in [1.54, 1.807) is 34.6 Å². The van der Waals surface area contributed by atoms with Crippen molar-refractivity contribution in [2.24, 2.45) is 7.05 Å². The molecule has 4 aromatic rings. The number of hydrogen-bond donors (Lipinski definition) is 2. The van der Waals surface area contributed by atoms with Gasteiger partial charge >= 0.3 is 0 Å². The molecule has 0 saturated carbocycles. The van der Waals surface area contributed by atoms with Gasteiger partial charge in [-0.25, -0.2) is 9.50 Å². The monoisotopic (exact) mass is 363 g/mol. The fourth-order valence-electron chi connectivity index (χ4n) is 2.83. The summed E-state index contributed by atoms with van der Waals surface area (Å²) >= 11 is 0. The van der Waals surface area contributed by atoms with Crippen molar-refractivity contribution in [1.82, 2.24) is 24.4 Å². The number of nitrogens with zero attached hydrogens (tertiary/aromatic N) is 5. The summed E-state index contributed by atoms with van der Waals surface area (Å²) in [6, 6.07) is 5.08. The second-order valence-electron chi connectivity index (χ2n) is 5.98. The van der Waals surface area contributed by atoms with Crippen LogP contribution < -0.4 is 15.8 Å². The van der Waals surface area contributed by atoms with Gasteiger partial charge in [0.2, 0.25) is 0 Å². The average molecular weight is 363 g/mol. The maximum atomic E-state index is 12.7. The lowest BCUT2D eigenvalue weighted by atomic mass is 10.1. The number of methoxy groups -OCH3 is 1. The number of nitrogens with one attached hydrogen (secondary N) is 1.